The minimum atomic E-state index is -4.53. The van der Waals surface area contributed by atoms with E-state index in [-0.39, 0.29) is 11.4 Å². The minimum absolute atomic E-state index is 0.0630. The van der Waals surface area contributed by atoms with Gasteiger partial charge in [0.15, 0.2) is 5.82 Å². The average Bonchev–Trinajstić information content (AvgIpc) is 3.16. The number of amides is 1. The molecule has 1 aromatic carbocycles. The van der Waals surface area contributed by atoms with Gasteiger partial charge in [-0.1, -0.05) is 0 Å². The number of carbonyl (C=O) groups excluding carboxylic acids is 1. The Hall–Kier alpha value is -3.82. The Morgan fingerprint density at radius 1 is 1.00 bits per heavy atom. The first-order valence-electron chi connectivity index (χ1n) is 9.26. The van der Waals surface area contributed by atoms with E-state index in [9.17, 15) is 18.0 Å². The van der Waals surface area contributed by atoms with Gasteiger partial charge in [-0.2, -0.15) is 18.3 Å². The first kappa shape index (κ1) is 20.5. The second-order valence-corrected chi connectivity index (χ2v) is 7.00. The van der Waals surface area contributed by atoms with Gasteiger partial charge in [-0.15, -0.1) is 0 Å². The maximum Gasteiger partial charge on any atom is 0.433 e. The number of aromatic nitrogens is 5. The van der Waals surface area contributed by atoms with Crippen LogP contribution in [0, 0.1) is 13.8 Å². The van der Waals surface area contributed by atoms with Gasteiger partial charge in [0.1, 0.15) is 16.9 Å². The van der Waals surface area contributed by atoms with Crippen molar-refractivity contribution in [2.24, 2.45) is 7.05 Å². The second-order valence-electron chi connectivity index (χ2n) is 7.00. The molecular weight excluding hydrogens is 409 g/mol. The number of anilines is 1. The molecule has 0 fully saturated rings. The number of halogens is 3. The number of pyridine rings is 1. The number of benzene rings is 1. The van der Waals surface area contributed by atoms with Gasteiger partial charge >= 0.3 is 6.18 Å². The van der Waals surface area contributed by atoms with Crippen molar-refractivity contribution >= 4 is 22.6 Å². The zero-order chi connectivity index (χ0) is 22.3. The van der Waals surface area contributed by atoms with Crippen molar-refractivity contribution in [2.45, 2.75) is 20.0 Å². The van der Waals surface area contributed by atoms with Crippen LogP contribution in [0.15, 0.2) is 42.7 Å². The van der Waals surface area contributed by atoms with Crippen LogP contribution in [0.25, 0.3) is 22.4 Å². The number of nitrogens with one attached hydrogen (secondary N) is 1. The molecule has 3 aromatic heterocycles. The molecule has 31 heavy (non-hydrogen) atoms. The molecule has 0 aliphatic heterocycles. The van der Waals surface area contributed by atoms with Crippen molar-refractivity contribution in [3.63, 3.8) is 0 Å². The third-order valence-corrected chi connectivity index (χ3v) is 5.06. The topological polar surface area (TPSA) is 85.6 Å². The van der Waals surface area contributed by atoms with Crippen molar-refractivity contribution in [3.05, 3.63) is 65.2 Å². The molecule has 4 rings (SSSR count). The van der Waals surface area contributed by atoms with E-state index in [1.165, 1.54) is 16.9 Å². The normalized spacial score (nSPS) is 11.7. The van der Waals surface area contributed by atoms with Crippen molar-refractivity contribution in [2.75, 3.05) is 5.32 Å². The summed E-state index contributed by atoms with van der Waals surface area (Å²) in [4.78, 5) is 24.6. The summed E-state index contributed by atoms with van der Waals surface area (Å²) in [5.74, 6) is 0.0721. The highest BCUT2D eigenvalue weighted by atomic mass is 19.4. The number of nitrogens with zero attached hydrogens (tertiary/aromatic N) is 5. The summed E-state index contributed by atoms with van der Waals surface area (Å²) in [6, 6.07) is 7.30. The molecule has 1 N–H and O–H groups in total. The summed E-state index contributed by atoms with van der Waals surface area (Å²) in [6.45, 7) is 3.72. The van der Waals surface area contributed by atoms with Crippen LogP contribution in [0.5, 0.6) is 0 Å². The Balaban J connectivity index is 1.67. The predicted molar refractivity (Wildman–Crippen MR) is 108 cm³/mol. The fraction of sp³-hybridized carbons (Fsp3) is 0.190. The SMILES string of the molecule is Cc1c(NC(=O)c2ccnn2C)ccc(-c2ncc3nc(C(F)(F)F)ccc3n2)c1C. The summed E-state index contributed by atoms with van der Waals surface area (Å²) in [6.07, 6.45) is -1.71. The zero-order valence-electron chi connectivity index (χ0n) is 16.8. The lowest BCUT2D eigenvalue weighted by atomic mass is 10.0. The van der Waals surface area contributed by atoms with Crippen molar-refractivity contribution in [3.8, 4) is 11.4 Å². The molecule has 10 heteroatoms. The van der Waals surface area contributed by atoms with Crippen LogP contribution < -0.4 is 5.32 Å². The quantitative estimate of drug-likeness (QED) is 0.528. The number of hydrogen-bond donors (Lipinski definition) is 1. The van der Waals surface area contributed by atoms with E-state index in [0.717, 1.165) is 17.2 Å². The largest absolute Gasteiger partial charge is 0.433 e. The van der Waals surface area contributed by atoms with E-state index < -0.39 is 11.9 Å². The number of aryl methyl sites for hydroxylation is 1. The molecule has 0 unspecified atom stereocenters. The van der Waals surface area contributed by atoms with Crippen LogP contribution in [0.2, 0.25) is 0 Å². The van der Waals surface area contributed by atoms with Gasteiger partial charge in [-0.3, -0.25) is 9.48 Å². The fourth-order valence-corrected chi connectivity index (χ4v) is 3.19. The molecule has 7 nitrogen and oxygen atoms in total. The number of carbonyl (C=O) groups is 1. The molecular formula is C21H17F3N6O. The summed E-state index contributed by atoms with van der Waals surface area (Å²) in [5.41, 5.74) is 2.80. The number of hydrogen-bond acceptors (Lipinski definition) is 5. The third kappa shape index (κ3) is 3.83. The molecule has 0 spiro atoms. The smallest absolute Gasteiger partial charge is 0.320 e. The number of alkyl halides is 3. The zero-order valence-corrected chi connectivity index (χ0v) is 16.8. The molecule has 4 aromatic rings. The lowest BCUT2D eigenvalue weighted by molar-refractivity contribution is -0.140. The van der Waals surface area contributed by atoms with E-state index in [0.29, 0.717) is 28.3 Å². The highest BCUT2D eigenvalue weighted by Crippen LogP contribution is 2.31. The molecule has 0 radical (unpaired) electrons. The van der Waals surface area contributed by atoms with Gasteiger partial charge in [-0.25, -0.2) is 15.0 Å². The monoisotopic (exact) mass is 426 g/mol. The molecule has 0 saturated carbocycles. The fourth-order valence-electron chi connectivity index (χ4n) is 3.19. The molecule has 0 aliphatic rings. The first-order valence-corrected chi connectivity index (χ1v) is 9.26. The van der Waals surface area contributed by atoms with Crippen molar-refractivity contribution < 1.29 is 18.0 Å². The summed E-state index contributed by atoms with van der Waals surface area (Å²) >= 11 is 0. The van der Waals surface area contributed by atoms with Gasteiger partial charge in [0, 0.05) is 24.5 Å². The Bertz CT molecular complexity index is 1310. The molecule has 1 amide bonds. The van der Waals surface area contributed by atoms with Crippen LogP contribution >= 0.6 is 0 Å². The van der Waals surface area contributed by atoms with Crippen LogP contribution in [-0.4, -0.2) is 30.6 Å². The van der Waals surface area contributed by atoms with Crippen LogP contribution in [-0.2, 0) is 13.2 Å². The van der Waals surface area contributed by atoms with E-state index in [1.54, 1.807) is 31.4 Å². The van der Waals surface area contributed by atoms with Crippen molar-refractivity contribution in [1.82, 2.24) is 24.7 Å². The van der Waals surface area contributed by atoms with Gasteiger partial charge < -0.3 is 5.32 Å². The highest BCUT2D eigenvalue weighted by molar-refractivity contribution is 6.03. The van der Waals surface area contributed by atoms with E-state index in [2.05, 4.69) is 25.4 Å². The Labute approximate surface area is 175 Å². The van der Waals surface area contributed by atoms with Gasteiger partial charge in [0.05, 0.1) is 11.7 Å². The minimum Gasteiger partial charge on any atom is -0.320 e. The maximum absolute atomic E-state index is 12.9. The van der Waals surface area contributed by atoms with Crippen LogP contribution in [0.4, 0.5) is 18.9 Å². The standard InChI is InChI=1S/C21H17F3N6O/c1-11-12(2)14(29-20(31)17-8-9-26-30(17)3)5-4-13(11)19-25-10-16-15(28-19)6-7-18(27-16)21(22,23)24/h4-10H,1-3H3,(H,29,31). The average molecular weight is 426 g/mol. The first-order chi connectivity index (χ1) is 14.6. The van der Waals surface area contributed by atoms with E-state index in [1.807, 2.05) is 13.8 Å². The molecule has 3 heterocycles. The highest BCUT2D eigenvalue weighted by Gasteiger charge is 2.32. The second kappa shape index (κ2) is 7.46. The molecule has 158 valence electrons. The Morgan fingerprint density at radius 2 is 1.77 bits per heavy atom. The maximum atomic E-state index is 12.9. The third-order valence-electron chi connectivity index (χ3n) is 5.06. The van der Waals surface area contributed by atoms with Gasteiger partial charge in [-0.05, 0) is 55.3 Å². The van der Waals surface area contributed by atoms with E-state index in [4.69, 9.17) is 0 Å². The Kier molecular flexibility index (Phi) is 4.92. The summed E-state index contributed by atoms with van der Waals surface area (Å²) in [7, 11) is 1.68. The Morgan fingerprint density at radius 3 is 2.45 bits per heavy atom. The van der Waals surface area contributed by atoms with Crippen LogP contribution in [0.3, 0.4) is 0 Å². The van der Waals surface area contributed by atoms with Crippen molar-refractivity contribution in [1.29, 1.82) is 0 Å². The molecule has 0 bridgehead atoms. The van der Waals surface area contributed by atoms with Gasteiger partial charge in [0.25, 0.3) is 5.91 Å². The lowest BCUT2D eigenvalue weighted by Gasteiger charge is -2.14. The predicted octanol–water partition coefficient (Wildman–Crippen LogP) is 4.31. The molecule has 0 atom stereocenters. The van der Waals surface area contributed by atoms with Crippen LogP contribution in [0.1, 0.15) is 27.3 Å². The summed E-state index contributed by atoms with van der Waals surface area (Å²) < 4.78 is 40.1. The lowest BCUT2D eigenvalue weighted by Crippen LogP contribution is -2.17. The number of fused-ring (bicyclic) bond motifs is 1. The molecule has 0 saturated heterocycles. The molecule has 0 aliphatic carbocycles. The van der Waals surface area contributed by atoms with E-state index >= 15 is 0 Å². The summed E-state index contributed by atoms with van der Waals surface area (Å²) in [5, 5.41) is 6.85. The number of rotatable bonds is 3. The van der Waals surface area contributed by atoms with Gasteiger partial charge in [0.2, 0.25) is 0 Å².